The summed E-state index contributed by atoms with van der Waals surface area (Å²) in [5, 5.41) is 22.7. The number of carbonyl (C=O) groups excluding carboxylic acids is 1. The van der Waals surface area contributed by atoms with Gasteiger partial charge in [0.2, 0.25) is 5.13 Å². The molecule has 1 aromatic carbocycles. The van der Waals surface area contributed by atoms with Crippen molar-refractivity contribution in [3.8, 4) is 6.07 Å². The molecule has 0 unspecified atom stereocenters. The van der Waals surface area contributed by atoms with Gasteiger partial charge >= 0.3 is 6.03 Å². The van der Waals surface area contributed by atoms with E-state index in [-0.39, 0.29) is 11.6 Å². The molecule has 0 aliphatic heterocycles. The molecule has 0 aliphatic carbocycles. The minimum atomic E-state index is -0.304. The van der Waals surface area contributed by atoms with Crippen LogP contribution in [0.25, 0.3) is 0 Å². The van der Waals surface area contributed by atoms with Gasteiger partial charge in [0.1, 0.15) is 0 Å². The maximum Gasteiger partial charge on any atom is 0.321 e. The second-order valence-corrected chi connectivity index (χ2v) is 8.00. The van der Waals surface area contributed by atoms with E-state index in [0.717, 1.165) is 15.7 Å². The Morgan fingerprint density at radius 2 is 2.00 bits per heavy atom. The maximum absolute atomic E-state index is 11.8. The number of benzene rings is 1. The van der Waals surface area contributed by atoms with Crippen molar-refractivity contribution in [2.45, 2.75) is 36.4 Å². The molecule has 120 valence electrons. The second-order valence-electron chi connectivity index (χ2n) is 5.80. The summed E-state index contributed by atoms with van der Waals surface area (Å²) in [5.41, 5.74) is 1.44. The number of anilines is 1. The van der Waals surface area contributed by atoms with Crippen LogP contribution in [-0.4, -0.2) is 21.8 Å². The molecule has 1 heterocycles. The van der Waals surface area contributed by atoms with E-state index in [1.807, 2.05) is 32.9 Å². The van der Waals surface area contributed by atoms with E-state index in [1.165, 1.54) is 23.1 Å². The fourth-order valence-corrected chi connectivity index (χ4v) is 3.31. The van der Waals surface area contributed by atoms with Crippen molar-refractivity contribution in [2.75, 3.05) is 5.32 Å². The molecule has 0 atom stereocenters. The zero-order valence-corrected chi connectivity index (χ0v) is 14.7. The van der Waals surface area contributed by atoms with Gasteiger partial charge < -0.3 is 5.32 Å². The Kier molecular flexibility index (Phi) is 5.58. The normalized spacial score (nSPS) is 10.9. The first kappa shape index (κ1) is 17.2. The van der Waals surface area contributed by atoms with Crippen LogP contribution in [0.4, 0.5) is 9.93 Å². The lowest BCUT2D eigenvalue weighted by atomic mass is 10.1. The fourth-order valence-electron chi connectivity index (χ4n) is 1.61. The van der Waals surface area contributed by atoms with Crippen LogP contribution in [-0.2, 0) is 5.75 Å². The number of hydrogen-bond acceptors (Lipinski definition) is 6. The maximum atomic E-state index is 11.8. The van der Waals surface area contributed by atoms with Crippen LogP contribution in [0.15, 0.2) is 28.6 Å². The SMILES string of the molecule is CC(C)(C)NC(=O)Nc1nnc(SCc2ccc(C#N)cc2)s1. The Morgan fingerprint density at radius 1 is 1.30 bits per heavy atom. The summed E-state index contributed by atoms with van der Waals surface area (Å²) in [6.07, 6.45) is 0. The van der Waals surface area contributed by atoms with Crippen LogP contribution >= 0.6 is 23.1 Å². The smallest absolute Gasteiger partial charge is 0.321 e. The minimum Gasteiger partial charge on any atom is -0.333 e. The highest BCUT2D eigenvalue weighted by atomic mass is 32.2. The van der Waals surface area contributed by atoms with Crippen molar-refractivity contribution in [3.63, 3.8) is 0 Å². The Morgan fingerprint density at radius 3 is 2.61 bits per heavy atom. The second kappa shape index (κ2) is 7.44. The van der Waals surface area contributed by atoms with Crippen molar-refractivity contribution in [3.05, 3.63) is 35.4 Å². The van der Waals surface area contributed by atoms with Crippen molar-refractivity contribution in [2.24, 2.45) is 0 Å². The highest BCUT2D eigenvalue weighted by Crippen LogP contribution is 2.28. The number of urea groups is 1. The number of thioether (sulfide) groups is 1. The fraction of sp³-hybridized carbons (Fsp3) is 0.333. The van der Waals surface area contributed by atoms with Crippen molar-refractivity contribution in [1.82, 2.24) is 15.5 Å². The van der Waals surface area contributed by atoms with E-state index in [2.05, 4.69) is 26.9 Å². The van der Waals surface area contributed by atoms with Gasteiger partial charge in [0, 0.05) is 11.3 Å². The van der Waals surface area contributed by atoms with Gasteiger partial charge in [0.05, 0.1) is 11.6 Å². The molecule has 1 aromatic heterocycles. The Labute approximate surface area is 143 Å². The monoisotopic (exact) mass is 347 g/mol. The Bertz CT molecular complexity index is 713. The van der Waals surface area contributed by atoms with Crippen molar-refractivity contribution in [1.29, 1.82) is 5.26 Å². The molecule has 0 saturated heterocycles. The molecule has 0 radical (unpaired) electrons. The number of nitrogens with zero attached hydrogens (tertiary/aromatic N) is 3. The Hall–Kier alpha value is -2.11. The van der Waals surface area contributed by atoms with Crippen LogP contribution in [0.1, 0.15) is 31.9 Å². The van der Waals surface area contributed by atoms with Crippen LogP contribution in [0.3, 0.4) is 0 Å². The summed E-state index contributed by atoms with van der Waals surface area (Å²) in [4.78, 5) is 11.8. The molecular weight excluding hydrogens is 330 g/mol. The lowest BCUT2D eigenvalue weighted by Gasteiger charge is -2.19. The van der Waals surface area contributed by atoms with Crippen molar-refractivity contribution < 1.29 is 4.79 Å². The average Bonchev–Trinajstić information content (AvgIpc) is 2.91. The molecule has 0 saturated carbocycles. The minimum absolute atomic E-state index is 0.294. The first-order chi connectivity index (χ1) is 10.9. The topological polar surface area (TPSA) is 90.7 Å². The van der Waals surface area contributed by atoms with E-state index in [4.69, 9.17) is 5.26 Å². The molecule has 0 spiro atoms. The first-order valence-electron chi connectivity index (χ1n) is 6.90. The van der Waals surface area contributed by atoms with Crippen LogP contribution < -0.4 is 10.6 Å². The molecule has 0 fully saturated rings. The zero-order valence-electron chi connectivity index (χ0n) is 13.1. The number of nitriles is 1. The number of rotatable bonds is 4. The van der Waals surface area contributed by atoms with Gasteiger partial charge in [-0.25, -0.2) is 4.79 Å². The van der Waals surface area contributed by atoms with E-state index < -0.39 is 0 Å². The number of nitrogens with one attached hydrogen (secondary N) is 2. The average molecular weight is 347 g/mol. The molecule has 8 heteroatoms. The molecule has 23 heavy (non-hydrogen) atoms. The van der Waals surface area contributed by atoms with Gasteiger partial charge in [0.15, 0.2) is 4.34 Å². The van der Waals surface area contributed by atoms with Gasteiger partial charge in [0.25, 0.3) is 0 Å². The molecule has 0 bridgehead atoms. The van der Waals surface area contributed by atoms with E-state index >= 15 is 0 Å². The first-order valence-corrected chi connectivity index (χ1v) is 8.70. The van der Waals surface area contributed by atoms with Crippen LogP contribution in [0, 0.1) is 11.3 Å². The number of amides is 2. The van der Waals surface area contributed by atoms with E-state index in [0.29, 0.717) is 10.7 Å². The summed E-state index contributed by atoms with van der Waals surface area (Å²) in [5.74, 6) is 0.731. The summed E-state index contributed by atoms with van der Waals surface area (Å²) < 4.78 is 0.778. The van der Waals surface area contributed by atoms with Gasteiger partial charge in [-0.2, -0.15) is 5.26 Å². The third-order valence-electron chi connectivity index (χ3n) is 2.56. The van der Waals surface area contributed by atoms with Gasteiger partial charge in [-0.05, 0) is 38.5 Å². The molecule has 6 nitrogen and oxygen atoms in total. The predicted molar refractivity (Wildman–Crippen MR) is 92.5 cm³/mol. The van der Waals surface area contributed by atoms with Crippen molar-refractivity contribution >= 4 is 34.3 Å². The summed E-state index contributed by atoms with van der Waals surface area (Å²) >= 11 is 2.87. The zero-order chi connectivity index (χ0) is 16.9. The number of aromatic nitrogens is 2. The molecule has 0 aliphatic rings. The van der Waals surface area contributed by atoms with Gasteiger partial charge in [-0.1, -0.05) is 35.2 Å². The van der Waals surface area contributed by atoms with Crippen LogP contribution in [0.2, 0.25) is 0 Å². The van der Waals surface area contributed by atoms with Gasteiger partial charge in [-0.15, -0.1) is 10.2 Å². The third-order valence-corrected chi connectivity index (χ3v) is 4.60. The molecule has 2 rings (SSSR count). The van der Waals surface area contributed by atoms with Gasteiger partial charge in [-0.3, -0.25) is 5.32 Å². The third kappa shape index (κ3) is 5.88. The largest absolute Gasteiger partial charge is 0.333 e. The summed E-state index contributed by atoms with van der Waals surface area (Å²) in [6.45, 7) is 5.72. The number of hydrogen-bond donors (Lipinski definition) is 2. The summed E-state index contributed by atoms with van der Waals surface area (Å²) in [6, 6.07) is 9.22. The Balaban J connectivity index is 1.87. The molecular formula is C15H17N5OS2. The van der Waals surface area contributed by atoms with E-state index in [9.17, 15) is 4.79 Å². The van der Waals surface area contributed by atoms with Crippen LogP contribution in [0.5, 0.6) is 0 Å². The predicted octanol–water partition coefficient (Wildman–Crippen LogP) is 3.62. The lowest BCUT2D eigenvalue weighted by Crippen LogP contribution is -2.43. The highest BCUT2D eigenvalue weighted by molar-refractivity contribution is 8.00. The highest BCUT2D eigenvalue weighted by Gasteiger charge is 2.15. The number of carbonyl (C=O) groups is 1. The quantitative estimate of drug-likeness (QED) is 0.651. The molecule has 2 amide bonds. The standard InChI is InChI=1S/C15H17N5OS2/c1-15(2,3)18-12(21)17-13-19-20-14(23-13)22-9-11-6-4-10(8-16)5-7-11/h4-7H,9H2,1-3H3,(H2,17,18,19,21). The molecule has 2 N–H and O–H groups in total. The lowest BCUT2D eigenvalue weighted by molar-refractivity contribution is 0.244. The summed E-state index contributed by atoms with van der Waals surface area (Å²) in [7, 11) is 0. The molecule has 2 aromatic rings. The van der Waals surface area contributed by atoms with E-state index in [1.54, 1.807) is 12.1 Å².